The molecule has 1 N–H and O–H groups in total. The predicted octanol–water partition coefficient (Wildman–Crippen LogP) is 4.89. The summed E-state index contributed by atoms with van der Waals surface area (Å²) in [6.45, 7) is 0.908. The molecule has 37 heavy (non-hydrogen) atoms. The lowest BCUT2D eigenvalue weighted by atomic mass is 9.89. The minimum Gasteiger partial charge on any atom is -0.497 e. The summed E-state index contributed by atoms with van der Waals surface area (Å²) in [4.78, 5) is 39.3. The van der Waals surface area contributed by atoms with E-state index in [1.54, 1.807) is 47.0 Å². The Labute approximate surface area is 211 Å². The van der Waals surface area contributed by atoms with Crippen LogP contribution >= 0.6 is 0 Å². The first kappa shape index (κ1) is 26.0. The van der Waals surface area contributed by atoms with Crippen LogP contribution in [0.15, 0.2) is 60.8 Å². The lowest BCUT2D eigenvalue weighted by molar-refractivity contribution is -0.137. The second-order valence-corrected chi connectivity index (χ2v) is 8.92. The quantitative estimate of drug-likeness (QED) is 0.376. The van der Waals surface area contributed by atoms with E-state index in [0.29, 0.717) is 37.3 Å². The number of carbonyl (C=O) groups is 3. The van der Waals surface area contributed by atoms with Crippen LogP contribution in [-0.2, 0) is 18.0 Å². The van der Waals surface area contributed by atoms with Crippen LogP contribution in [0.4, 0.5) is 18.9 Å². The van der Waals surface area contributed by atoms with Gasteiger partial charge in [-0.3, -0.25) is 14.4 Å². The van der Waals surface area contributed by atoms with E-state index in [-0.39, 0.29) is 17.2 Å². The second-order valence-electron chi connectivity index (χ2n) is 8.92. The monoisotopic (exact) mass is 513 g/mol. The number of piperidine rings is 1. The highest BCUT2D eigenvalue weighted by Gasteiger charge is 2.32. The van der Waals surface area contributed by atoms with Crippen LogP contribution in [0.1, 0.15) is 50.7 Å². The summed E-state index contributed by atoms with van der Waals surface area (Å²) in [6.07, 6.45) is -1.53. The first-order valence-electron chi connectivity index (χ1n) is 11.7. The number of aryl methyl sites for hydroxylation is 1. The van der Waals surface area contributed by atoms with Gasteiger partial charge in [0.15, 0.2) is 0 Å². The average Bonchev–Trinajstić information content (AvgIpc) is 3.33. The molecule has 2 aromatic carbocycles. The third-order valence-electron chi connectivity index (χ3n) is 6.52. The fraction of sp³-hybridized carbons (Fsp3) is 0.296. The molecule has 10 heteroatoms. The largest absolute Gasteiger partial charge is 0.497 e. The Bertz CT molecular complexity index is 1310. The maximum Gasteiger partial charge on any atom is 0.416 e. The molecule has 0 unspecified atom stereocenters. The number of hydrogen-bond donors (Lipinski definition) is 1. The van der Waals surface area contributed by atoms with Crippen LogP contribution in [0.5, 0.6) is 5.75 Å². The Balaban J connectivity index is 1.36. The number of methoxy groups -OCH3 is 1. The molecule has 1 fully saturated rings. The van der Waals surface area contributed by atoms with Crippen molar-refractivity contribution in [2.45, 2.75) is 24.9 Å². The predicted molar refractivity (Wildman–Crippen MR) is 131 cm³/mol. The number of likely N-dealkylation sites (tertiary alicyclic amines) is 1. The Morgan fingerprint density at radius 3 is 2.24 bits per heavy atom. The number of alkyl halides is 3. The van der Waals surface area contributed by atoms with Crippen LogP contribution in [0.3, 0.4) is 0 Å². The average molecular weight is 514 g/mol. The molecular formula is C27H26F3N3O4. The summed E-state index contributed by atoms with van der Waals surface area (Å²) in [5, 5.41) is 2.62. The van der Waals surface area contributed by atoms with Gasteiger partial charge in [0.05, 0.1) is 18.4 Å². The van der Waals surface area contributed by atoms with E-state index in [9.17, 15) is 27.6 Å². The highest BCUT2D eigenvalue weighted by molar-refractivity contribution is 6.42. The van der Waals surface area contributed by atoms with Crippen molar-refractivity contribution in [2.24, 2.45) is 7.05 Å². The lowest BCUT2D eigenvalue weighted by Crippen LogP contribution is -2.42. The lowest BCUT2D eigenvalue weighted by Gasteiger charge is -2.32. The number of carbonyl (C=O) groups excluding carboxylic acids is 3. The van der Waals surface area contributed by atoms with Gasteiger partial charge in [0, 0.05) is 37.6 Å². The number of hydrogen-bond acceptors (Lipinski definition) is 4. The third kappa shape index (κ3) is 5.84. The van der Waals surface area contributed by atoms with Crippen molar-refractivity contribution < 1.29 is 32.3 Å². The zero-order chi connectivity index (χ0) is 26.7. The highest BCUT2D eigenvalue weighted by atomic mass is 19.4. The van der Waals surface area contributed by atoms with E-state index in [0.717, 1.165) is 17.7 Å². The number of rotatable bonds is 6. The third-order valence-corrected chi connectivity index (χ3v) is 6.52. The summed E-state index contributed by atoms with van der Waals surface area (Å²) < 4.78 is 46.0. The van der Waals surface area contributed by atoms with Gasteiger partial charge < -0.3 is 19.5 Å². The van der Waals surface area contributed by atoms with E-state index in [1.165, 1.54) is 13.2 Å². The molecule has 2 heterocycles. The molecule has 4 rings (SSSR count). The molecule has 1 aliphatic heterocycles. The first-order valence-corrected chi connectivity index (χ1v) is 11.7. The number of ether oxygens (including phenoxy) is 1. The van der Waals surface area contributed by atoms with Crippen molar-refractivity contribution in [3.05, 3.63) is 83.2 Å². The van der Waals surface area contributed by atoms with Crippen LogP contribution in [0, 0.1) is 0 Å². The number of nitrogens with one attached hydrogen (secondary N) is 1. The summed E-state index contributed by atoms with van der Waals surface area (Å²) in [6, 6.07) is 13.3. The maximum atomic E-state index is 13.2. The summed E-state index contributed by atoms with van der Waals surface area (Å²) in [7, 11) is 2.95. The van der Waals surface area contributed by atoms with Crippen molar-refractivity contribution in [1.29, 1.82) is 0 Å². The number of benzene rings is 2. The standard InChI is InChI=1S/C27H26F3N3O4/c1-32-11-3-4-23(32)24(34)26(36)33-12-9-18(10-13-33)17-5-7-21(8-6-17)31-25(35)19-14-20(27(28,29)30)16-22(15-19)37-2/h3-8,11,14-16,18H,9-10,12-13H2,1-2H3,(H,31,35). The van der Waals surface area contributed by atoms with Crippen molar-refractivity contribution in [3.8, 4) is 5.75 Å². The molecule has 0 atom stereocenters. The molecule has 1 aromatic heterocycles. The molecule has 194 valence electrons. The van der Waals surface area contributed by atoms with Gasteiger partial charge in [0.2, 0.25) is 0 Å². The zero-order valence-corrected chi connectivity index (χ0v) is 20.3. The Morgan fingerprint density at radius 1 is 1.00 bits per heavy atom. The number of aromatic nitrogens is 1. The fourth-order valence-corrected chi connectivity index (χ4v) is 4.42. The smallest absolute Gasteiger partial charge is 0.416 e. The van der Waals surface area contributed by atoms with Gasteiger partial charge in [0.1, 0.15) is 5.75 Å². The molecule has 1 saturated heterocycles. The normalized spacial score (nSPS) is 14.4. The number of anilines is 1. The van der Waals surface area contributed by atoms with E-state index in [2.05, 4.69) is 5.32 Å². The Morgan fingerprint density at radius 2 is 1.68 bits per heavy atom. The number of Topliss-reactive ketones (excluding diaryl/α,β-unsaturated/α-hetero) is 1. The zero-order valence-electron chi connectivity index (χ0n) is 20.3. The van der Waals surface area contributed by atoms with Gasteiger partial charge in [-0.1, -0.05) is 12.1 Å². The van der Waals surface area contributed by atoms with Crippen molar-refractivity contribution in [2.75, 3.05) is 25.5 Å². The molecule has 0 radical (unpaired) electrons. The second kappa shape index (κ2) is 10.5. The minimum atomic E-state index is -4.61. The molecular weight excluding hydrogens is 487 g/mol. The topological polar surface area (TPSA) is 80.6 Å². The summed E-state index contributed by atoms with van der Waals surface area (Å²) in [5.41, 5.74) is 0.666. The highest BCUT2D eigenvalue weighted by Crippen LogP contribution is 2.33. The molecule has 0 saturated carbocycles. The van der Waals surface area contributed by atoms with Crippen LogP contribution in [0.25, 0.3) is 0 Å². The molecule has 3 aromatic rings. The SMILES string of the molecule is COc1cc(C(=O)Nc2ccc(C3CCN(C(=O)C(=O)c4cccn4C)CC3)cc2)cc(C(F)(F)F)c1. The van der Waals surface area contributed by atoms with Crippen LogP contribution in [0.2, 0.25) is 0 Å². The summed E-state index contributed by atoms with van der Waals surface area (Å²) >= 11 is 0. The molecule has 0 aliphatic carbocycles. The molecule has 2 amide bonds. The van der Waals surface area contributed by atoms with Crippen molar-refractivity contribution >= 4 is 23.3 Å². The van der Waals surface area contributed by atoms with Crippen molar-refractivity contribution in [1.82, 2.24) is 9.47 Å². The van der Waals surface area contributed by atoms with Gasteiger partial charge in [-0.05, 0) is 66.8 Å². The Kier molecular flexibility index (Phi) is 7.37. The van der Waals surface area contributed by atoms with Crippen LogP contribution < -0.4 is 10.1 Å². The molecule has 1 aliphatic rings. The van der Waals surface area contributed by atoms with E-state index in [4.69, 9.17) is 4.74 Å². The molecule has 0 spiro atoms. The van der Waals surface area contributed by atoms with Crippen molar-refractivity contribution in [3.63, 3.8) is 0 Å². The van der Waals surface area contributed by atoms with Gasteiger partial charge in [-0.15, -0.1) is 0 Å². The number of ketones is 1. The minimum absolute atomic E-state index is 0.0644. The van der Waals surface area contributed by atoms with Gasteiger partial charge in [0.25, 0.3) is 17.6 Å². The number of halogens is 3. The first-order chi connectivity index (χ1) is 17.6. The number of nitrogens with zero attached hydrogens (tertiary/aromatic N) is 2. The molecule has 7 nitrogen and oxygen atoms in total. The Hall–Kier alpha value is -4.08. The van der Waals surface area contributed by atoms with E-state index >= 15 is 0 Å². The fourth-order valence-electron chi connectivity index (χ4n) is 4.42. The van der Waals surface area contributed by atoms with Crippen LogP contribution in [-0.4, -0.2) is 47.3 Å². The van der Waals surface area contributed by atoms with Gasteiger partial charge in [-0.25, -0.2) is 0 Å². The number of amides is 2. The van der Waals surface area contributed by atoms with E-state index in [1.807, 2.05) is 12.1 Å². The van der Waals surface area contributed by atoms with Gasteiger partial charge in [-0.2, -0.15) is 13.2 Å². The van der Waals surface area contributed by atoms with Gasteiger partial charge >= 0.3 is 6.18 Å². The maximum absolute atomic E-state index is 13.2. The van der Waals surface area contributed by atoms with E-state index < -0.39 is 29.3 Å². The summed E-state index contributed by atoms with van der Waals surface area (Å²) in [5.74, 6) is -1.61. The molecule has 0 bridgehead atoms.